The van der Waals surface area contributed by atoms with Crippen molar-refractivity contribution in [3.05, 3.63) is 41.1 Å². The molecule has 0 radical (unpaired) electrons. The Hall–Kier alpha value is -1.61. The number of nitrogens with two attached hydrogens (primary N) is 1. The first-order chi connectivity index (χ1) is 7.61. The van der Waals surface area contributed by atoms with Gasteiger partial charge in [0.2, 0.25) is 0 Å². The smallest absolute Gasteiger partial charge is 0.0929 e. The minimum Gasteiger partial charge on any atom is -0.325 e. The Morgan fingerprint density at radius 3 is 2.56 bits per heavy atom. The van der Waals surface area contributed by atoms with Crippen LogP contribution in [0.25, 0.3) is 11.3 Å². The molecule has 2 rings (SSSR count). The summed E-state index contributed by atoms with van der Waals surface area (Å²) in [6.45, 7) is 4.73. The summed E-state index contributed by atoms with van der Waals surface area (Å²) < 4.78 is 1.84. The van der Waals surface area contributed by atoms with Crippen molar-refractivity contribution >= 4 is 0 Å². The third kappa shape index (κ3) is 1.86. The van der Waals surface area contributed by atoms with Gasteiger partial charge in [0.25, 0.3) is 0 Å². The lowest BCUT2D eigenvalue weighted by atomic mass is 10.0. The van der Waals surface area contributed by atoms with E-state index in [9.17, 15) is 0 Å². The third-order valence-corrected chi connectivity index (χ3v) is 2.84. The summed E-state index contributed by atoms with van der Waals surface area (Å²) in [6, 6.07) is 8.45. The molecule has 2 aromatic rings. The van der Waals surface area contributed by atoms with E-state index in [0.717, 1.165) is 11.4 Å². The molecule has 84 valence electrons. The summed E-state index contributed by atoms with van der Waals surface area (Å²) >= 11 is 0. The van der Waals surface area contributed by atoms with Gasteiger partial charge in [-0.15, -0.1) is 0 Å². The van der Waals surface area contributed by atoms with Gasteiger partial charge in [-0.2, -0.15) is 5.10 Å². The molecule has 2 N–H and O–H groups in total. The van der Waals surface area contributed by atoms with Crippen LogP contribution >= 0.6 is 0 Å². The fraction of sp³-hybridized carbons (Fsp3) is 0.308. The molecule has 3 heteroatoms. The van der Waals surface area contributed by atoms with Crippen LogP contribution in [0.2, 0.25) is 0 Å². The summed E-state index contributed by atoms with van der Waals surface area (Å²) in [4.78, 5) is 0. The Morgan fingerprint density at radius 1 is 1.25 bits per heavy atom. The van der Waals surface area contributed by atoms with E-state index in [4.69, 9.17) is 5.73 Å². The zero-order valence-electron chi connectivity index (χ0n) is 9.99. The molecule has 0 atom stereocenters. The third-order valence-electron chi connectivity index (χ3n) is 2.84. The second-order valence-corrected chi connectivity index (χ2v) is 4.17. The van der Waals surface area contributed by atoms with Gasteiger partial charge in [0.05, 0.1) is 11.4 Å². The Bertz CT molecular complexity index is 512. The predicted molar refractivity (Wildman–Crippen MR) is 66.0 cm³/mol. The van der Waals surface area contributed by atoms with Crippen molar-refractivity contribution in [2.45, 2.75) is 20.4 Å². The Morgan fingerprint density at radius 2 is 2.00 bits per heavy atom. The van der Waals surface area contributed by atoms with E-state index in [1.54, 1.807) is 0 Å². The zero-order chi connectivity index (χ0) is 11.7. The van der Waals surface area contributed by atoms with Crippen LogP contribution in [0, 0.1) is 13.8 Å². The zero-order valence-corrected chi connectivity index (χ0v) is 9.99. The van der Waals surface area contributed by atoms with Gasteiger partial charge in [0.15, 0.2) is 0 Å². The van der Waals surface area contributed by atoms with Crippen LogP contribution < -0.4 is 5.73 Å². The van der Waals surface area contributed by atoms with Crippen molar-refractivity contribution in [1.82, 2.24) is 9.78 Å². The topological polar surface area (TPSA) is 43.8 Å². The van der Waals surface area contributed by atoms with Gasteiger partial charge in [0, 0.05) is 19.2 Å². The van der Waals surface area contributed by atoms with E-state index in [2.05, 4.69) is 43.2 Å². The van der Waals surface area contributed by atoms with Crippen molar-refractivity contribution in [2.24, 2.45) is 12.8 Å². The molecule has 0 aliphatic carbocycles. The highest BCUT2D eigenvalue weighted by atomic mass is 15.3. The molecule has 3 nitrogen and oxygen atoms in total. The Balaban J connectivity index is 2.50. The van der Waals surface area contributed by atoms with Crippen LogP contribution in [0.3, 0.4) is 0 Å². The minimum atomic E-state index is 0.522. The highest BCUT2D eigenvalue weighted by Crippen LogP contribution is 2.23. The molecule has 0 bridgehead atoms. The maximum absolute atomic E-state index is 5.64. The molecule has 0 fully saturated rings. The molecule has 0 unspecified atom stereocenters. The molecule has 0 aliphatic heterocycles. The molecule has 1 aromatic carbocycles. The van der Waals surface area contributed by atoms with Gasteiger partial charge < -0.3 is 5.73 Å². The molecule has 0 saturated carbocycles. The Labute approximate surface area is 95.9 Å². The van der Waals surface area contributed by atoms with Crippen molar-refractivity contribution in [2.75, 3.05) is 0 Å². The maximum Gasteiger partial charge on any atom is 0.0929 e. The average molecular weight is 215 g/mol. The fourth-order valence-electron chi connectivity index (χ4n) is 1.93. The molecule has 1 aromatic heterocycles. The first-order valence-electron chi connectivity index (χ1n) is 5.42. The van der Waals surface area contributed by atoms with Crippen molar-refractivity contribution in [3.8, 4) is 11.3 Å². The highest BCUT2D eigenvalue weighted by Gasteiger charge is 2.08. The first-order valence-corrected chi connectivity index (χ1v) is 5.42. The van der Waals surface area contributed by atoms with Gasteiger partial charge in [-0.1, -0.05) is 23.8 Å². The summed E-state index contributed by atoms with van der Waals surface area (Å²) in [5.41, 5.74) is 11.4. The second kappa shape index (κ2) is 4.10. The summed E-state index contributed by atoms with van der Waals surface area (Å²) in [6.07, 6.45) is 0. The minimum absolute atomic E-state index is 0.522. The maximum atomic E-state index is 5.64. The van der Waals surface area contributed by atoms with E-state index in [1.165, 1.54) is 16.7 Å². The lowest BCUT2D eigenvalue weighted by molar-refractivity contribution is 0.714. The normalized spacial score (nSPS) is 10.8. The van der Waals surface area contributed by atoms with Gasteiger partial charge in [-0.05, 0) is 25.5 Å². The summed E-state index contributed by atoms with van der Waals surface area (Å²) in [5.74, 6) is 0. The van der Waals surface area contributed by atoms with E-state index < -0.39 is 0 Å². The molecule has 0 amide bonds. The average Bonchev–Trinajstić information content (AvgIpc) is 2.59. The predicted octanol–water partition coefficient (Wildman–Crippen LogP) is 2.16. The molecular formula is C13H17N3. The first kappa shape index (κ1) is 10.9. The number of hydrogen-bond donors (Lipinski definition) is 1. The van der Waals surface area contributed by atoms with Crippen LogP contribution in [0.5, 0.6) is 0 Å². The van der Waals surface area contributed by atoms with Gasteiger partial charge in [-0.3, -0.25) is 4.68 Å². The summed E-state index contributed by atoms with van der Waals surface area (Å²) in [7, 11) is 1.93. The van der Waals surface area contributed by atoms with Gasteiger partial charge >= 0.3 is 0 Å². The molecule has 16 heavy (non-hydrogen) atoms. The SMILES string of the molecule is Cc1ccc(-c2cc(CN)n(C)n2)c(C)c1. The van der Waals surface area contributed by atoms with Crippen LogP contribution in [0.1, 0.15) is 16.8 Å². The lowest BCUT2D eigenvalue weighted by Crippen LogP contribution is -2.03. The van der Waals surface area contributed by atoms with Crippen LogP contribution in [0.4, 0.5) is 0 Å². The monoisotopic (exact) mass is 215 g/mol. The highest BCUT2D eigenvalue weighted by molar-refractivity contribution is 5.64. The van der Waals surface area contributed by atoms with Gasteiger partial charge in [-0.25, -0.2) is 0 Å². The summed E-state index contributed by atoms with van der Waals surface area (Å²) in [5, 5.41) is 4.48. The van der Waals surface area contributed by atoms with Crippen LogP contribution in [-0.4, -0.2) is 9.78 Å². The lowest BCUT2D eigenvalue weighted by Gasteiger charge is -2.03. The van der Waals surface area contributed by atoms with E-state index in [-0.39, 0.29) is 0 Å². The second-order valence-electron chi connectivity index (χ2n) is 4.17. The fourth-order valence-corrected chi connectivity index (χ4v) is 1.93. The van der Waals surface area contributed by atoms with E-state index in [0.29, 0.717) is 6.54 Å². The van der Waals surface area contributed by atoms with Crippen molar-refractivity contribution < 1.29 is 0 Å². The number of hydrogen-bond acceptors (Lipinski definition) is 2. The number of rotatable bonds is 2. The largest absolute Gasteiger partial charge is 0.325 e. The number of aromatic nitrogens is 2. The number of benzene rings is 1. The quantitative estimate of drug-likeness (QED) is 0.834. The van der Waals surface area contributed by atoms with E-state index in [1.807, 2.05) is 11.7 Å². The molecule has 0 saturated heterocycles. The molecule has 0 spiro atoms. The standard InChI is InChI=1S/C13H17N3/c1-9-4-5-12(10(2)6-9)13-7-11(8-14)16(3)15-13/h4-7H,8,14H2,1-3H3. The number of aryl methyl sites for hydroxylation is 3. The molecule has 0 aliphatic rings. The van der Waals surface area contributed by atoms with Crippen LogP contribution in [-0.2, 0) is 13.6 Å². The van der Waals surface area contributed by atoms with Crippen LogP contribution in [0.15, 0.2) is 24.3 Å². The van der Waals surface area contributed by atoms with Crippen molar-refractivity contribution in [3.63, 3.8) is 0 Å². The molecule has 1 heterocycles. The van der Waals surface area contributed by atoms with Crippen molar-refractivity contribution in [1.29, 1.82) is 0 Å². The Kier molecular flexibility index (Phi) is 2.79. The van der Waals surface area contributed by atoms with Gasteiger partial charge in [0.1, 0.15) is 0 Å². The van der Waals surface area contributed by atoms with E-state index >= 15 is 0 Å². The number of nitrogens with zero attached hydrogens (tertiary/aromatic N) is 2. The molecular weight excluding hydrogens is 198 g/mol.